The molecule has 0 aromatic heterocycles. The number of benzene rings is 1. The third kappa shape index (κ3) is 3.04. The van der Waals surface area contributed by atoms with E-state index in [2.05, 4.69) is 16.7 Å². The first-order valence-corrected chi connectivity index (χ1v) is 7.37. The normalized spacial score (nSPS) is 22.6. The standard InChI is InChI=1S/C17H21NO2/c19-17(16-7-8-16,15-5-2-1-3-6-15)9-4-10-18-11-13-20-14-12-18/h1-3,5-6,16,19H,7-8,10-14H2/t17-/m0/s1. The lowest BCUT2D eigenvalue weighted by atomic mass is 9.89. The second-order valence-corrected chi connectivity index (χ2v) is 5.60. The Morgan fingerprint density at radius 2 is 1.90 bits per heavy atom. The lowest BCUT2D eigenvalue weighted by Gasteiger charge is -2.25. The SMILES string of the molecule is O[C@@](C#CCN1CCOCC1)(c1ccccc1)C1CC1. The molecular formula is C17H21NO2. The Hall–Kier alpha value is -1.34. The predicted octanol–water partition coefficient (Wildman–Crippen LogP) is 1.62. The van der Waals surface area contributed by atoms with Crippen molar-refractivity contribution in [3.05, 3.63) is 35.9 Å². The van der Waals surface area contributed by atoms with Crippen LogP contribution in [-0.4, -0.2) is 42.9 Å². The second kappa shape index (κ2) is 5.97. The van der Waals surface area contributed by atoms with Crippen molar-refractivity contribution in [1.82, 2.24) is 4.90 Å². The predicted molar refractivity (Wildman–Crippen MR) is 78.1 cm³/mol. The van der Waals surface area contributed by atoms with Gasteiger partial charge in [-0.05, 0) is 18.4 Å². The second-order valence-electron chi connectivity index (χ2n) is 5.60. The van der Waals surface area contributed by atoms with Crippen molar-refractivity contribution in [1.29, 1.82) is 0 Å². The van der Waals surface area contributed by atoms with E-state index in [-0.39, 0.29) is 0 Å². The van der Waals surface area contributed by atoms with Crippen LogP contribution in [0.3, 0.4) is 0 Å². The van der Waals surface area contributed by atoms with Crippen LogP contribution >= 0.6 is 0 Å². The largest absolute Gasteiger partial charge is 0.379 e. The first kappa shape index (κ1) is 13.6. The molecule has 2 aliphatic rings. The van der Waals surface area contributed by atoms with Crippen molar-refractivity contribution in [2.75, 3.05) is 32.8 Å². The van der Waals surface area contributed by atoms with Gasteiger partial charge < -0.3 is 9.84 Å². The van der Waals surface area contributed by atoms with E-state index in [4.69, 9.17) is 4.74 Å². The zero-order valence-electron chi connectivity index (χ0n) is 11.7. The van der Waals surface area contributed by atoms with Gasteiger partial charge in [-0.3, -0.25) is 4.90 Å². The summed E-state index contributed by atoms with van der Waals surface area (Å²) in [4.78, 5) is 2.27. The molecule has 1 saturated heterocycles. The fourth-order valence-corrected chi connectivity index (χ4v) is 2.65. The van der Waals surface area contributed by atoms with Gasteiger partial charge in [0.1, 0.15) is 0 Å². The molecule has 106 valence electrons. The molecule has 1 aromatic carbocycles. The quantitative estimate of drug-likeness (QED) is 0.848. The lowest BCUT2D eigenvalue weighted by molar-refractivity contribution is 0.0440. The first-order chi connectivity index (χ1) is 9.79. The number of aliphatic hydroxyl groups is 1. The summed E-state index contributed by atoms with van der Waals surface area (Å²) in [5, 5.41) is 10.9. The van der Waals surface area contributed by atoms with Gasteiger partial charge in [-0.25, -0.2) is 0 Å². The summed E-state index contributed by atoms with van der Waals surface area (Å²) < 4.78 is 5.33. The van der Waals surface area contributed by atoms with Gasteiger partial charge in [0, 0.05) is 19.0 Å². The molecule has 1 aliphatic heterocycles. The van der Waals surface area contributed by atoms with Crippen LogP contribution in [-0.2, 0) is 10.3 Å². The Morgan fingerprint density at radius 3 is 2.55 bits per heavy atom. The Bertz CT molecular complexity index is 495. The monoisotopic (exact) mass is 271 g/mol. The van der Waals surface area contributed by atoms with Crippen LogP contribution < -0.4 is 0 Å². The average Bonchev–Trinajstić information content (AvgIpc) is 3.34. The summed E-state index contributed by atoms with van der Waals surface area (Å²) in [7, 11) is 0. The smallest absolute Gasteiger partial charge is 0.153 e. The minimum Gasteiger partial charge on any atom is -0.379 e. The van der Waals surface area contributed by atoms with E-state index in [1.54, 1.807) is 0 Å². The van der Waals surface area contributed by atoms with E-state index in [9.17, 15) is 5.11 Å². The highest BCUT2D eigenvalue weighted by atomic mass is 16.5. The molecule has 0 bridgehead atoms. The Kier molecular flexibility index (Phi) is 4.07. The van der Waals surface area contributed by atoms with Crippen molar-refractivity contribution >= 4 is 0 Å². The molecule has 0 unspecified atom stereocenters. The van der Waals surface area contributed by atoms with Crippen molar-refractivity contribution in [2.24, 2.45) is 5.92 Å². The Balaban J connectivity index is 1.71. The minimum absolute atomic E-state index is 0.294. The van der Waals surface area contributed by atoms with Crippen molar-refractivity contribution in [2.45, 2.75) is 18.4 Å². The van der Waals surface area contributed by atoms with Gasteiger partial charge in [0.2, 0.25) is 0 Å². The maximum absolute atomic E-state index is 10.9. The summed E-state index contributed by atoms with van der Waals surface area (Å²) in [6.07, 6.45) is 2.13. The van der Waals surface area contributed by atoms with Gasteiger partial charge in [-0.2, -0.15) is 0 Å². The number of nitrogens with zero attached hydrogens (tertiary/aromatic N) is 1. The summed E-state index contributed by atoms with van der Waals surface area (Å²) >= 11 is 0. The maximum Gasteiger partial charge on any atom is 0.153 e. The average molecular weight is 271 g/mol. The maximum atomic E-state index is 10.9. The summed E-state index contributed by atoms with van der Waals surface area (Å²) in [6.45, 7) is 4.15. The van der Waals surface area contributed by atoms with Crippen LogP contribution in [0.5, 0.6) is 0 Å². The van der Waals surface area contributed by atoms with E-state index in [1.165, 1.54) is 0 Å². The molecule has 1 aliphatic carbocycles. The number of morpholine rings is 1. The van der Waals surface area contributed by atoms with Crippen LogP contribution in [0, 0.1) is 17.8 Å². The molecule has 1 heterocycles. The fraction of sp³-hybridized carbons (Fsp3) is 0.529. The third-order valence-electron chi connectivity index (χ3n) is 4.07. The van der Waals surface area contributed by atoms with E-state index < -0.39 is 5.60 Å². The molecule has 0 radical (unpaired) electrons. The molecule has 3 heteroatoms. The van der Waals surface area contributed by atoms with E-state index in [1.807, 2.05) is 30.3 Å². The van der Waals surface area contributed by atoms with Gasteiger partial charge in [-0.15, -0.1) is 0 Å². The molecule has 2 fully saturated rings. The van der Waals surface area contributed by atoms with Crippen LogP contribution in [0.4, 0.5) is 0 Å². The van der Waals surface area contributed by atoms with Gasteiger partial charge in [0.05, 0.1) is 19.8 Å². The fourth-order valence-electron chi connectivity index (χ4n) is 2.65. The topological polar surface area (TPSA) is 32.7 Å². The third-order valence-corrected chi connectivity index (χ3v) is 4.07. The molecule has 20 heavy (non-hydrogen) atoms. The highest BCUT2D eigenvalue weighted by Crippen LogP contribution is 2.45. The highest BCUT2D eigenvalue weighted by Gasteiger charge is 2.43. The zero-order chi connectivity index (χ0) is 13.8. The summed E-state index contributed by atoms with van der Waals surface area (Å²) in [5.41, 5.74) is -0.0370. The molecule has 0 amide bonds. The summed E-state index contributed by atoms with van der Waals surface area (Å²) in [6, 6.07) is 9.85. The number of hydrogen-bond donors (Lipinski definition) is 1. The van der Waals surface area contributed by atoms with Gasteiger partial charge in [-0.1, -0.05) is 42.2 Å². The molecule has 1 aromatic rings. The van der Waals surface area contributed by atoms with E-state index >= 15 is 0 Å². The number of rotatable bonds is 3. The number of hydrogen-bond acceptors (Lipinski definition) is 3. The Labute approximate surface area is 120 Å². The van der Waals surface area contributed by atoms with E-state index in [0.717, 1.165) is 44.7 Å². The van der Waals surface area contributed by atoms with Crippen molar-refractivity contribution in [3.63, 3.8) is 0 Å². The molecule has 3 nitrogen and oxygen atoms in total. The van der Waals surface area contributed by atoms with Crippen LogP contribution in [0.25, 0.3) is 0 Å². The first-order valence-electron chi connectivity index (χ1n) is 7.37. The van der Waals surface area contributed by atoms with Gasteiger partial charge in [0.25, 0.3) is 0 Å². The van der Waals surface area contributed by atoms with Crippen molar-refractivity contribution in [3.8, 4) is 11.8 Å². The molecule has 1 atom stereocenters. The molecule has 3 rings (SSSR count). The summed E-state index contributed by atoms with van der Waals surface area (Å²) in [5.74, 6) is 6.62. The molecule has 1 saturated carbocycles. The minimum atomic E-state index is -0.965. The zero-order valence-corrected chi connectivity index (χ0v) is 11.7. The van der Waals surface area contributed by atoms with Crippen LogP contribution in [0.15, 0.2) is 30.3 Å². The van der Waals surface area contributed by atoms with Crippen molar-refractivity contribution < 1.29 is 9.84 Å². The highest BCUT2D eigenvalue weighted by molar-refractivity contribution is 5.34. The van der Waals surface area contributed by atoms with E-state index in [0.29, 0.717) is 12.5 Å². The molecule has 1 N–H and O–H groups in total. The van der Waals surface area contributed by atoms with Crippen LogP contribution in [0.2, 0.25) is 0 Å². The molecular weight excluding hydrogens is 250 g/mol. The van der Waals surface area contributed by atoms with Gasteiger partial charge in [0.15, 0.2) is 5.60 Å². The molecule has 0 spiro atoms. The lowest BCUT2D eigenvalue weighted by Crippen LogP contribution is -2.36. The van der Waals surface area contributed by atoms with Gasteiger partial charge >= 0.3 is 0 Å². The van der Waals surface area contributed by atoms with Crippen LogP contribution in [0.1, 0.15) is 18.4 Å². The number of ether oxygens (including phenoxy) is 1. The Morgan fingerprint density at radius 1 is 1.20 bits per heavy atom.